The Labute approximate surface area is 145 Å². The Hall–Kier alpha value is -1.33. The van der Waals surface area contributed by atoms with Crippen LogP contribution in [0.3, 0.4) is 0 Å². The van der Waals surface area contributed by atoms with Crippen LogP contribution in [-0.2, 0) is 4.79 Å². The summed E-state index contributed by atoms with van der Waals surface area (Å²) in [4.78, 5) is 14.1. The second kappa shape index (κ2) is 8.50. The fourth-order valence-corrected chi connectivity index (χ4v) is 4.38. The van der Waals surface area contributed by atoms with E-state index >= 15 is 0 Å². The van der Waals surface area contributed by atoms with E-state index < -0.39 is 5.54 Å². The van der Waals surface area contributed by atoms with Crippen LogP contribution in [0.1, 0.15) is 45.4 Å². The minimum Gasteiger partial charge on any atom is -0.360 e. The normalized spacial score (nSPS) is 16.6. The van der Waals surface area contributed by atoms with E-state index in [1.54, 1.807) is 11.9 Å². The molecule has 6 nitrogen and oxygen atoms in total. The highest BCUT2D eigenvalue weighted by Gasteiger charge is 2.38. The van der Waals surface area contributed by atoms with Gasteiger partial charge < -0.3 is 10.2 Å². The van der Waals surface area contributed by atoms with Crippen molar-refractivity contribution in [2.45, 2.75) is 55.3 Å². The summed E-state index contributed by atoms with van der Waals surface area (Å²) in [5.74, 6) is 0.277. The van der Waals surface area contributed by atoms with Crippen molar-refractivity contribution in [3.8, 4) is 6.07 Å². The molecule has 0 saturated heterocycles. The molecule has 2 rings (SSSR count). The monoisotopic (exact) mass is 353 g/mol. The van der Waals surface area contributed by atoms with E-state index in [2.05, 4.69) is 28.5 Å². The molecule has 1 heterocycles. The molecule has 23 heavy (non-hydrogen) atoms. The van der Waals surface area contributed by atoms with Crippen LogP contribution in [0, 0.1) is 11.3 Å². The van der Waals surface area contributed by atoms with Crippen molar-refractivity contribution in [3.63, 3.8) is 0 Å². The Morgan fingerprint density at radius 1 is 1.43 bits per heavy atom. The van der Waals surface area contributed by atoms with Gasteiger partial charge in [-0.3, -0.25) is 4.79 Å². The number of amides is 1. The fourth-order valence-electron chi connectivity index (χ4n) is 2.69. The molecule has 0 radical (unpaired) electrons. The molecule has 1 aliphatic rings. The first-order valence-corrected chi connectivity index (χ1v) is 9.79. The van der Waals surface area contributed by atoms with Crippen molar-refractivity contribution < 1.29 is 4.79 Å². The Bertz CT molecular complexity index is 562. The Morgan fingerprint density at radius 2 is 2.17 bits per heavy atom. The fraction of sp³-hybridized carbons (Fsp3) is 0.733. The average molecular weight is 354 g/mol. The summed E-state index contributed by atoms with van der Waals surface area (Å²) in [6.45, 7) is 2.96. The predicted octanol–water partition coefficient (Wildman–Crippen LogP) is 3.14. The van der Waals surface area contributed by atoms with Crippen molar-refractivity contribution >= 4 is 34.1 Å². The van der Waals surface area contributed by atoms with Gasteiger partial charge in [0.2, 0.25) is 11.0 Å². The molecule has 0 unspecified atom stereocenters. The van der Waals surface area contributed by atoms with Gasteiger partial charge >= 0.3 is 0 Å². The Balaban J connectivity index is 1.88. The van der Waals surface area contributed by atoms with Gasteiger partial charge in [-0.2, -0.15) is 5.26 Å². The number of nitrogens with one attached hydrogen (secondary N) is 1. The van der Waals surface area contributed by atoms with Gasteiger partial charge in [-0.05, 0) is 19.3 Å². The SMILES string of the molecule is CCCNc1nnc(SCC(=O)N(C)C2(C#N)CCCCC2)s1. The van der Waals surface area contributed by atoms with Crippen molar-refractivity contribution in [2.24, 2.45) is 0 Å². The zero-order valence-electron chi connectivity index (χ0n) is 13.7. The summed E-state index contributed by atoms with van der Waals surface area (Å²) in [7, 11) is 1.76. The van der Waals surface area contributed by atoms with Crippen LogP contribution < -0.4 is 5.32 Å². The first-order valence-electron chi connectivity index (χ1n) is 7.99. The van der Waals surface area contributed by atoms with Crippen LogP contribution in [0.5, 0.6) is 0 Å². The molecule has 0 aliphatic heterocycles. The largest absolute Gasteiger partial charge is 0.360 e. The predicted molar refractivity (Wildman–Crippen MR) is 93.6 cm³/mol. The summed E-state index contributed by atoms with van der Waals surface area (Å²) in [6.07, 6.45) is 5.77. The Morgan fingerprint density at radius 3 is 2.83 bits per heavy atom. The lowest BCUT2D eigenvalue weighted by molar-refractivity contribution is -0.131. The maximum Gasteiger partial charge on any atom is 0.234 e. The minimum atomic E-state index is -0.620. The molecule has 1 saturated carbocycles. The summed E-state index contributed by atoms with van der Waals surface area (Å²) < 4.78 is 0.778. The number of rotatable bonds is 7. The third kappa shape index (κ3) is 4.58. The highest BCUT2D eigenvalue weighted by Crippen LogP contribution is 2.33. The number of thioether (sulfide) groups is 1. The lowest BCUT2D eigenvalue weighted by Crippen LogP contribution is -2.50. The number of nitrogens with zero attached hydrogens (tertiary/aromatic N) is 4. The number of anilines is 1. The maximum absolute atomic E-state index is 12.5. The van der Waals surface area contributed by atoms with Gasteiger partial charge in [0.05, 0.1) is 11.8 Å². The van der Waals surface area contributed by atoms with Crippen molar-refractivity contribution in [3.05, 3.63) is 0 Å². The van der Waals surface area contributed by atoms with Crippen LogP contribution in [0.25, 0.3) is 0 Å². The zero-order valence-corrected chi connectivity index (χ0v) is 15.3. The molecule has 0 atom stereocenters. The summed E-state index contributed by atoms with van der Waals surface area (Å²) in [6, 6.07) is 2.38. The van der Waals surface area contributed by atoms with Gasteiger partial charge in [0.25, 0.3) is 0 Å². The molecule has 1 aliphatic carbocycles. The Kier molecular flexibility index (Phi) is 6.66. The quantitative estimate of drug-likeness (QED) is 0.758. The third-order valence-corrected chi connectivity index (χ3v) is 6.16. The molecule has 126 valence electrons. The van der Waals surface area contributed by atoms with E-state index in [1.807, 2.05) is 0 Å². The van der Waals surface area contributed by atoms with Crippen LogP contribution in [0.4, 0.5) is 5.13 Å². The standard InChI is InChI=1S/C15H23N5OS2/c1-3-9-17-13-18-19-14(23-13)22-10-12(21)20(2)15(11-16)7-5-4-6-8-15/h3-10H2,1-2H3,(H,17,18). The molecule has 1 N–H and O–H groups in total. The number of hydrogen-bond acceptors (Lipinski definition) is 7. The van der Waals surface area contributed by atoms with Crippen molar-refractivity contribution in [2.75, 3.05) is 24.7 Å². The van der Waals surface area contributed by atoms with Crippen LogP contribution in [0.15, 0.2) is 4.34 Å². The number of carbonyl (C=O) groups is 1. The van der Waals surface area contributed by atoms with Crippen LogP contribution >= 0.6 is 23.1 Å². The highest BCUT2D eigenvalue weighted by molar-refractivity contribution is 8.01. The molecule has 0 spiro atoms. The van der Waals surface area contributed by atoms with Gasteiger partial charge in [-0.1, -0.05) is 49.3 Å². The number of carbonyl (C=O) groups excluding carboxylic acids is 1. The molecule has 0 bridgehead atoms. The molecular weight excluding hydrogens is 330 g/mol. The topological polar surface area (TPSA) is 81.9 Å². The number of aromatic nitrogens is 2. The average Bonchev–Trinajstić information content (AvgIpc) is 3.05. The van der Waals surface area contributed by atoms with E-state index in [1.165, 1.54) is 23.1 Å². The molecule has 1 aromatic rings. The van der Waals surface area contributed by atoms with Gasteiger partial charge in [0.15, 0.2) is 4.34 Å². The van der Waals surface area contributed by atoms with E-state index in [9.17, 15) is 10.1 Å². The van der Waals surface area contributed by atoms with Gasteiger partial charge in [-0.25, -0.2) is 0 Å². The smallest absolute Gasteiger partial charge is 0.234 e. The number of hydrogen-bond donors (Lipinski definition) is 1. The lowest BCUT2D eigenvalue weighted by Gasteiger charge is -2.38. The van der Waals surface area contributed by atoms with Crippen molar-refractivity contribution in [1.29, 1.82) is 5.26 Å². The molecule has 8 heteroatoms. The molecule has 1 aromatic heterocycles. The van der Waals surface area contributed by atoms with Gasteiger partial charge in [-0.15, -0.1) is 10.2 Å². The lowest BCUT2D eigenvalue weighted by atomic mass is 9.81. The van der Waals surface area contributed by atoms with E-state index in [4.69, 9.17) is 0 Å². The third-order valence-electron chi connectivity index (χ3n) is 4.16. The van der Waals surface area contributed by atoms with Crippen LogP contribution in [-0.4, -0.2) is 45.9 Å². The van der Waals surface area contributed by atoms with Crippen LogP contribution in [0.2, 0.25) is 0 Å². The second-order valence-electron chi connectivity index (χ2n) is 5.75. The zero-order chi connectivity index (χ0) is 16.7. The number of nitriles is 1. The van der Waals surface area contributed by atoms with Gasteiger partial charge in [0.1, 0.15) is 5.54 Å². The summed E-state index contributed by atoms with van der Waals surface area (Å²) in [5.41, 5.74) is -0.620. The maximum atomic E-state index is 12.5. The molecule has 0 aromatic carbocycles. The molecule has 1 amide bonds. The first kappa shape index (κ1) is 18.0. The van der Waals surface area contributed by atoms with E-state index in [-0.39, 0.29) is 5.91 Å². The van der Waals surface area contributed by atoms with Gasteiger partial charge in [0, 0.05) is 13.6 Å². The van der Waals surface area contributed by atoms with Crippen molar-refractivity contribution in [1.82, 2.24) is 15.1 Å². The first-order chi connectivity index (χ1) is 11.1. The second-order valence-corrected chi connectivity index (χ2v) is 7.95. The summed E-state index contributed by atoms with van der Waals surface area (Å²) in [5, 5.41) is 21.7. The molecular formula is C15H23N5OS2. The highest BCUT2D eigenvalue weighted by atomic mass is 32.2. The minimum absolute atomic E-state index is 0.0169. The van der Waals surface area contributed by atoms with E-state index in [0.717, 1.165) is 54.5 Å². The summed E-state index contributed by atoms with van der Waals surface area (Å²) >= 11 is 2.85. The molecule has 1 fully saturated rings. The van der Waals surface area contributed by atoms with E-state index in [0.29, 0.717) is 5.75 Å².